The lowest BCUT2D eigenvalue weighted by molar-refractivity contribution is -0.137. The largest absolute Gasteiger partial charge is 0.480 e. The molecule has 2 N–H and O–H groups in total. The Hall–Kier alpha value is -1.78. The molecular weight excluding hydrogens is 174 g/mol. The van der Waals surface area contributed by atoms with Crippen LogP contribution in [0.15, 0.2) is 23.0 Å². The molecule has 1 heterocycles. The second-order valence-corrected chi connectivity index (χ2v) is 2.48. The number of hydrogen-bond donors (Lipinski definition) is 2. The average molecular weight is 183 g/mol. The number of carbonyl (C=O) groups excluding carboxylic acids is 1. The standard InChI is InChI=1S/C8H9NO4/c10-7(9-4-8(11)12)3-6-1-2-13-5-6/h1-2,5H,3-4H2,(H,9,10)(H,11,12). The number of aliphatic carboxylic acids is 1. The van der Waals surface area contributed by atoms with E-state index < -0.39 is 5.97 Å². The molecule has 1 amide bonds. The van der Waals surface area contributed by atoms with Crippen molar-refractivity contribution in [1.29, 1.82) is 0 Å². The zero-order chi connectivity index (χ0) is 9.68. The number of nitrogens with one attached hydrogen (secondary N) is 1. The predicted molar refractivity (Wildman–Crippen MR) is 43.1 cm³/mol. The van der Waals surface area contributed by atoms with Gasteiger partial charge in [-0.15, -0.1) is 0 Å². The van der Waals surface area contributed by atoms with E-state index in [1.54, 1.807) is 6.07 Å². The van der Waals surface area contributed by atoms with Gasteiger partial charge in [0.15, 0.2) is 0 Å². The zero-order valence-electron chi connectivity index (χ0n) is 6.82. The Kier molecular flexibility index (Phi) is 3.08. The van der Waals surface area contributed by atoms with Crippen LogP contribution >= 0.6 is 0 Å². The lowest BCUT2D eigenvalue weighted by atomic mass is 10.2. The molecule has 1 aromatic rings. The van der Waals surface area contributed by atoms with Gasteiger partial charge in [-0.3, -0.25) is 9.59 Å². The third-order valence-electron chi connectivity index (χ3n) is 1.38. The first-order valence-corrected chi connectivity index (χ1v) is 3.68. The molecule has 0 radical (unpaired) electrons. The highest BCUT2D eigenvalue weighted by Crippen LogP contribution is 1.99. The monoisotopic (exact) mass is 183 g/mol. The lowest BCUT2D eigenvalue weighted by Crippen LogP contribution is -2.30. The molecule has 0 spiro atoms. The summed E-state index contributed by atoms with van der Waals surface area (Å²) in [5, 5.41) is 10.5. The highest BCUT2D eigenvalue weighted by molar-refractivity contribution is 5.82. The number of rotatable bonds is 4. The summed E-state index contributed by atoms with van der Waals surface area (Å²) in [6.07, 6.45) is 3.05. The maximum atomic E-state index is 11.0. The Labute approximate surface area is 74.4 Å². The van der Waals surface area contributed by atoms with Gasteiger partial charge in [-0.05, 0) is 11.6 Å². The van der Waals surface area contributed by atoms with Crippen LogP contribution in [0.1, 0.15) is 5.56 Å². The van der Waals surface area contributed by atoms with Gasteiger partial charge in [0.25, 0.3) is 0 Å². The molecule has 5 nitrogen and oxygen atoms in total. The van der Waals surface area contributed by atoms with Crippen molar-refractivity contribution in [2.45, 2.75) is 6.42 Å². The van der Waals surface area contributed by atoms with Gasteiger partial charge in [0.2, 0.25) is 5.91 Å². The Morgan fingerprint density at radius 3 is 2.85 bits per heavy atom. The van der Waals surface area contributed by atoms with E-state index >= 15 is 0 Å². The maximum absolute atomic E-state index is 11.0. The van der Waals surface area contributed by atoms with E-state index in [4.69, 9.17) is 9.52 Å². The second-order valence-electron chi connectivity index (χ2n) is 2.48. The Balaban J connectivity index is 2.30. The predicted octanol–water partition coefficient (Wildman–Crippen LogP) is 0.0229. The average Bonchev–Trinajstić information content (AvgIpc) is 2.53. The SMILES string of the molecule is O=C(O)CNC(=O)Cc1ccoc1. The van der Waals surface area contributed by atoms with Gasteiger partial charge in [0.1, 0.15) is 6.54 Å². The molecule has 1 aromatic heterocycles. The normalized spacial score (nSPS) is 9.54. The van der Waals surface area contributed by atoms with Crippen LogP contribution in [0.3, 0.4) is 0 Å². The Morgan fingerprint density at radius 1 is 1.54 bits per heavy atom. The Morgan fingerprint density at radius 2 is 2.31 bits per heavy atom. The van der Waals surface area contributed by atoms with Gasteiger partial charge in [-0.1, -0.05) is 0 Å². The molecule has 5 heteroatoms. The fourth-order valence-corrected chi connectivity index (χ4v) is 0.815. The van der Waals surface area contributed by atoms with Crippen LogP contribution in [0, 0.1) is 0 Å². The van der Waals surface area contributed by atoms with E-state index in [1.807, 2.05) is 0 Å². The molecule has 0 bridgehead atoms. The summed E-state index contributed by atoms with van der Waals surface area (Å²) in [4.78, 5) is 21.1. The summed E-state index contributed by atoms with van der Waals surface area (Å²) in [5.41, 5.74) is 0.725. The number of furan rings is 1. The van der Waals surface area contributed by atoms with Crippen molar-refractivity contribution in [2.75, 3.05) is 6.54 Å². The van der Waals surface area contributed by atoms with Crippen molar-refractivity contribution in [1.82, 2.24) is 5.32 Å². The molecular formula is C8H9NO4. The third-order valence-corrected chi connectivity index (χ3v) is 1.38. The number of carboxylic acid groups (broad SMARTS) is 1. The molecule has 0 saturated heterocycles. The summed E-state index contributed by atoms with van der Waals surface area (Å²) in [6, 6.07) is 1.65. The van der Waals surface area contributed by atoms with Gasteiger partial charge in [0.05, 0.1) is 18.9 Å². The molecule has 0 aliphatic heterocycles. The minimum absolute atomic E-state index is 0.143. The van der Waals surface area contributed by atoms with E-state index in [2.05, 4.69) is 5.32 Å². The molecule has 0 atom stereocenters. The summed E-state index contributed by atoms with van der Waals surface area (Å²) >= 11 is 0. The van der Waals surface area contributed by atoms with Crippen LogP contribution in [0.2, 0.25) is 0 Å². The van der Waals surface area contributed by atoms with Crippen molar-refractivity contribution >= 4 is 11.9 Å². The fourth-order valence-electron chi connectivity index (χ4n) is 0.815. The molecule has 13 heavy (non-hydrogen) atoms. The van der Waals surface area contributed by atoms with Gasteiger partial charge >= 0.3 is 5.97 Å². The molecule has 0 fully saturated rings. The van der Waals surface area contributed by atoms with Gasteiger partial charge in [-0.2, -0.15) is 0 Å². The number of carboxylic acids is 1. The number of hydrogen-bond acceptors (Lipinski definition) is 3. The van der Waals surface area contributed by atoms with Crippen LogP contribution in [0.25, 0.3) is 0 Å². The number of amides is 1. The first kappa shape index (κ1) is 9.31. The quantitative estimate of drug-likeness (QED) is 0.689. The maximum Gasteiger partial charge on any atom is 0.322 e. The molecule has 70 valence electrons. The molecule has 0 unspecified atom stereocenters. The molecule has 0 aromatic carbocycles. The smallest absolute Gasteiger partial charge is 0.322 e. The van der Waals surface area contributed by atoms with E-state index in [-0.39, 0.29) is 18.9 Å². The van der Waals surface area contributed by atoms with Crippen LogP contribution in [0.5, 0.6) is 0 Å². The van der Waals surface area contributed by atoms with Gasteiger partial charge in [-0.25, -0.2) is 0 Å². The molecule has 0 aliphatic carbocycles. The fraction of sp³-hybridized carbons (Fsp3) is 0.250. The van der Waals surface area contributed by atoms with Crippen LogP contribution in [0.4, 0.5) is 0 Å². The van der Waals surface area contributed by atoms with E-state index in [1.165, 1.54) is 12.5 Å². The minimum atomic E-state index is -1.06. The van der Waals surface area contributed by atoms with Crippen molar-refractivity contribution in [3.63, 3.8) is 0 Å². The zero-order valence-corrected chi connectivity index (χ0v) is 6.82. The van der Waals surface area contributed by atoms with Crippen molar-refractivity contribution < 1.29 is 19.1 Å². The van der Waals surface area contributed by atoms with Crippen molar-refractivity contribution in [2.24, 2.45) is 0 Å². The van der Waals surface area contributed by atoms with Crippen LogP contribution in [-0.4, -0.2) is 23.5 Å². The third kappa shape index (κ3) is 3.42. The van der Waals surface area contributed by atoms with E-state index in [9.17, 15) is 9.59 Å². The van der Waals surface area contributed by atoms with Gasteiger partial charge in [0, 0.05) is 0 Å². The topological polar surface area (TPSA) is 79.5 Å². The molecule has 0 saturated carbocycles. The van der Waals surface area contributed by atoms with Crippen LogP contribution < -0.4 is 5.32 Å². The minimum Gasteiger partial charge on any atom is -0.480 e. The highest BCUT2D eigenvalue weighted by atomic mass is 16.4. The van der Waals surface area contributed by atoms with Gasteiger partial charge < -0.3 is 14.8 Å². The van der Waals surface area contributed by atoms with Crippen molar-refractivity contribution in [3.05, 3.63) is 24.2 Å². The highest BCUT2D eigenvalue weighted by Gasteiger charge is 2.05. The first-order valence-electron chi connectivity index (χ1n) is 3.68. The summed E-state index contributed by atoms with van der Waals surface area (Å²) < 4.78 is 4.74. The van der Waals surface area contributed by atoms with Crippen LogP contribution in [-0.2, 0) is 16.0 Å². The first-order chi connectivity index (χ1) is 6.18. The Bertz CT molecular complexity index is 291. The van der Waals surface area contributed by atoms with E-state index in [0.717, 1.165) is 5.56 Å². The summed E-state index contributed by atoms with van der Waals surface area (Å²) in [6.45, 7) is -0.351. The van der Waals surface area contributed by atoms with E-state index in [0.29, 0.717) is 0 Å². The lowest BCUT2D eigenvalue weighted by Gasteiger charge is -1.98. The second kappa shape index (κ2) is 4.30. The molecule has 0 aliphatic rings. The summed E-state index contributed by atoms with van der Waals surface area (Å²) in [7, 11) is 0. The molecule has 1 rings (SSSR count). The van der Waals surface area contributed by atoms with Crippen molar-refractivity contribution in [3.8, 4) is 0 Å². The summed E-state index contributed by atoms with van der Waals surface area (Å²) in [5.74, 6) is -1.38. The number of carbonyl (C=O) groups is 2.